The molecule has 5 heteroatoms. The summed E-state index contributed by atoms with van der Waals surface area (Å²) in [5.74, 6) is 1.28. The van der Waals surface area contributed by atoms with Gasteiger partial charge in [0.05, 0.1) is 10.9 Å². The van der Waals surface area contributed by atoms with Gasteiger partial charge in [0, 0.05) is 24.7 Å². The minimum absolute atomic E-state index is 0.0394. The molecule has 1 aromatic heterocycles. The van der Waals surface area contributed by atoms with Crippen LogP contribution in [-0.2, 0) is 17.0 Å². The van der Waals surface area contributed by atoms with Gasteiger partial charge in [0.2, 0.25) is 5.91 Å². The molecule has 0 bridgehead atoms. The van der Waals surface area contributed by atoms with Gasteiger partial charge in [-0.05, 0) is 41.7 Å². The van der Waals surface area contributed by atoms with Crippen molar-refractivity contribution in [3.63, 3.8) is 0 Å². The van der Waals surface area contributed by atoms with Gasteiger partial charge in [-0.3, -0.25) is 4.79 Å². The third kappa shape index (κ3) is 5.73. The highest BCUT2D eigenvalue weighted by molar-refractivity contribution is 7.99. The summed E-state index contributed by atoms with van der Waals surface area (Å²) in [6.07, 6.45) is 4.51. The van der Waals surface area contributed by atoms with Crippen LogP contribution in [0.4, 0.5) is 0 Å². The standard InChI is InChI=1S/C23H27N3OS/c1-18(2)22(28-17-20-7-4-3-5-8-20)23(27)24-15-13-19-9-11-21(12-10-19)26-16-6-14-25-26/h3-12,14,16,18,22H,13,15,17H2,1-2H3,(H,24,27). The third-order valence-electron chi connectivity index (χ3n) is 4.55. The van der Waals surface area contributed by atoms with Gasteiger partial charge in [-0.1, -0.05) is 56.3 Å². The molecule has 1 N–H and O–H groups in total. The molecule has 1 heterocycles. The maximum absolute atomic E-state index is 12.7. The smallest absolute Gasteiger partial charge is 0.233 e. The molecule has 1 atom stereocenters. The number of rotatable bonds is 9. The fourth-order valence-corrected chi connectivity index (χ4v) is 4.18. The van der Waals surface area contributed by atoms with E-state index in [1.54, 1.807) is 18.0 Å². The highest BCUT2D eigenvalue weighted by atomic mass is 32.2. The Kier molecular flexibility index (Phi) is 7.31. The fraction of sp³-hybridized carbons (Fsp3) is 0.304. The van der Waals surface area contributed by atoms with Gasteiger partial charge in [0.15, 0.2) is 0 Å². The maximum Gasteiger partial charge on any atom is 0.233 e. The average molecular weight is 394 g/mol. The van der Waals surface area contributed by atoms with Gasteiger partial charge < -0.3 is 5.32 Å². The van der Waals surface area contributed by atoms with Crippen LogP contribution in [0.25, 0.3) is 5.69 Å². The van der Waals surface area contributed by atoms with Crippen LogP contribution in [0.2, 0.25) is 0 Å². The molecule has 0 aliphatic carbocycles. The van der Waals surface area contributed by atoms with Crippen molar-refractivity contribution in [1.29, 1.82) is 0 Å². The summed E-state index contributed by atoms with van der Waals surface area (Å²) in [4.78, 5) is 12.7. The minimum atomic E-state index is -0.0394. The molecule has 0 fully saturated rings. The molecular weight excluding hydrogens is 366 g/mol. The van der Waals surface area contributed by atoms with Crippen molar-refractivity contribution in [2.75, 3.05) is 6.54 Å². The molecule has 1 amide bonds. The van der Waals surface area contributed by atoms with Crippen molar-refractivity contribution in [1.82, 2.24) is 15.1 Å². The van der Waals surface area contributed by atoms with Gasteiger partial charge >= 0.3 is 0 Å². The molecule has 1 unspecified atom stereocenters. The lowest BCUT2D eigenvalue weighted by atomic mass is 10.1. The predicted octanol–water partition coefficient (Wildman–Crippen LogP) is 4.49. The van der Waals surface area contributed by atoms with Crippen LogP contribution < -0.4 is 5.32 Å². The van der Waals surface area contributed by atoms with Crippen molar-refractivity contribution < 1.29 is 4.79 Å². The van der Waals surface area contributed by atoms with Crippen LogP contribution in [0, 0.1) is 5.92 Å². The Bertz CT molecular complexity index is 845. The van der Waals surface area contributed by atoms with E-state index in [1.807, 2.05) is 35.1 Å². The highest BCUT2D eigenvalue weighted by Gasteiger charge is 2.22. The first-order valence-corrected chi connectivity index (χ1v) is 10.7. The van der Waals surface area contributed by atoms with Crippen LogP contribution in [0.3, 0.4) is 0 Å². The predicted molar refractivity (Wildman–Crippen MR) is 117 cm³/mol. The second-order valence-corrected chi connectivity index (χ2v) is 8.25. The minimum Gasteiger partial charge on any atom is -0.355 e. The van der Waals surface area contributed by atoms with E-state index in [2.05, 4.69) is 60.7 Å². The SMILES string of the molecule is CC(C)C(SCc1ccccc1)C(=O)NCCc1ccc(-n2cccn2)cc1. The highest BCUT2D eigenvalue weighted by Crippen LogP contribution is 2.24. The molecule has 4 nitrogen and oxygen atoms in total. The number of hydrogen-bond donors (Lipinski definition) is 1. The van der Waals surface area contributed by atoms with Crippen molar-refractivity contribution in [2.24, 2.45) is 5.92 Å². The van der Waals surface area contributed by atoms with Crippen molar-refractivity contribution >= 4 is 17.7 Å². The van der Waals surface area contributed by atoms with E-state index in [4.69, 9.17) is 0 Å². The molecular formula is C23H27N3OS. The molecule has 0 radical (unpaired) electrons. The summed E-state index contributed by atoms with van der Waals surface area (Å²) < 4.78 is 1.84. The van der Waals surface area contributed by atoms with Gasteiger partial charge in [-0.25, -0.2) is 4.68 Å². The van der Waals surface area contributed by atoms with E-state index in [9.17, 15) is 4.79 Å². The van der Waals surface area contributed by atoms with E-state index < -0.39 is 0 Å². The lowest BCUT2D eigenvalue weighted by Gasteiger charge is -2.20. The number of amides is 1. The summed E-state index contributed by atoms with van der Waals surface area (Å²) >= 11 is 1.72. The van der Waals surface area contributed by atoms with E-state index >= 15 is 0 Å². The second kappa shape index (κ2) is 10.1. The summed E-state index contributed by atoms with van der Waals surface area (Å²) in [5, 5.41) is 7.31. The average Bonchev–Trinajstić information content (AvgIpc) is 3.24. The molecule has 2 aromatic carbocycles. The topological polar surface area (TPSA) is 46.9 Å². The Morgan fingerprint density at radius 1 is 1.04 bits per heavy atom. The molecule has 0 aliphatic heterocycles. The van der Waals surface area contributed by atoms with Crippen LogP contribution in [-0.4, -0.2) is 27.5 Å². The van der Waals surface area contributed by atoms with Gasteiger partial charge in [-0.2, -0.15) is 5.10 Å². The first-order valence-electron chi connectivity index (χ1n) is 9.65. The zero-order chi connectivity index (χ0) is 19.8. The Labute approximate surface area is 171 Å². The molecule has 0 saturated carbocycles. The van der Waals surface area contributed by atoms with Crippen LogP contribution in [0.1, 0.15) is 25.0 Å². The van der Waals surface area contributed by atoms with Crippen molar-refractivity contribution in [3.8, 4) is 5.69 Å². The molecule has 3 aromatic rings. The maximum atomic E-state index is 12.7. The van der Waals surface area contributed by atoms with Gasteiger partial charge in [0.1, 0.15) is 0 Å². The molecule has 28 heavy (non-hydrogen) atoms. The van der Waals surface area contributed by atoms with E-state index in [-0.39, 0.29) is 11.2 Å². The molecule has 0 aliphatic rings. The van der Waals surface area contributed by atoms with E-state index in [1.165, 1.54) is 11.1 Å². The third-order valence-corrected chi connectivity index (χ3v) is 6.17. The summed E-state index contributed by atoms with van der Waals surface area (Å²) in [7, 11) is 0. The number of thioether (sulfide) groups is 1. The second-order valence-electron chi connectivity index (χ2n) is 7.12. The van der Waals surface area contributed by atoms with Crippen LogP contribution in [0.5, 0.6) is 0 Å². The lowest BCUT2D eigenvalue weighted by molar-refractivity contribution is -0.121. The quantitative estimate of drug-likeness (QED) is 0.583. The number of aromatic nitrogens is 2. The van der Waals surface area contributed by atoms with Crippen molar-refractivity contribution in [3.05, 3.63) is 84.2 Å². The summed E-state index contributed by atoms with van der Waals surface area (Å²) in [5.41, 5.74) is 3.49. The first-order chi connectivity index (χ1) is 13.6. The number of carbonyl (C=O) groups is 1. The van der Waals surface area contributed by atoms with Crippen LogP contribution >= 0.6 is 11.8 Å². The zero-order valence-corrected chi connectivity index (χ0v) is 17.2. The molecule has 0 spiro atoms. The first kappa shape index (κ1) is 20.2. The summed E-state index contributed by atoms with van der Waals surface area (Å²) in [6, 6.07) is 20.5. The summed E-state index contributed by atoms with van der Waals surface area (Å²) in [6.45, 7) is 4.86. The van der Waals surface area contributed by atoms with Crippen LogP contribution in [0.15, 0.2) is 73.1 Å². The Morgan fingerprint density at radius 3 is 2.43 bits per heavy atom. The normalized spacial score (nSPS) is 12.1. The van der Waals surface area contributed by atoms with E-state index in [0.29, 0.717) is 12.5 Å². The van der Waals surface area contributed by atoms with E-state index in [0.717, 1.165) is 17.9 Å². The number of carbonyl (C=O) groups excluding carboxylic acids is 1. The van der Waals surface area contributed by atoms with Gasteiger partial charge in [0.25, 0.3) is 0 Å². The number of nitrogens with one attached hydrogen (secondary N) is 1. The number of benzene rings is 2. The molecule has 3 rings (SSSR count). The number of hydrogen-bond acceptors (Lipinski definition) is 3. The van der Waals surface area contributed by atoms with Gasteiger partial charge in [-0.15, -0.1) is 11.8 Å². The molecule has 0 saturated heterocycles. The fourth-order valence-electron chi connectivity index (χ4n) is 3.00. The molecule has 146 valence electrons. The van der Waals surface area contributed by atoms with Crippen molar-refractivity contribution in [2.45, 2.75) is 31.3 Å². The number of nitrogens with zero attached hydrogens (tertiary/aromatic N) is 2. The zero-order valence-electron chi connectivity index (χ0n) is 16.4. The Hall–Kier alpha value is -2.53. The monoisotopic (exact) mass is 393 g/mol. The Balaban J connectivity index is 1.47. The lowest BCUT2D eigenvalue weighted by Crippen LogP contribution is -2.37. The largest absolute Gasteiger partial charge is 0.355 e. The Morgan fingerprint density at radius 2 is 1.79 bits per heavy atom.